The first-order chi connectivity index (χ1) is 14.2. The third-order valence-corrected chi connectivity index (χ3v) is 5.28. The molecule has 150 valence electrons. The van der Waals surface area contributed by atoms with Crippen molar-refractivity contribution in [2.45, 2.75) is 25.7 Å². The number of hydrogen-bond donors (Lipinski definition) is 0. The molecule has 0 unspecified atom stereocenters. The van der Waals surface area contributed by atoms with Gasteiger partial charge in [-0.3, -0.25) is 0 Å². The smallest absolute Gasteiger partial charge is 0.279 e. The summed E-state index contributed by atoms with van der Waals surface area (Å²) in [6.45, 7) is 1.94. The van der Waals surface area contributed by atoms with E-state index < -0.39 is 0 Å². The Kier molecular flexibility index (Phi) is 5.55. The average molecular weight is 393 g/mol. The van der Waals surface area contributed by atoms with E-state index in [-0.39, 0.29) is 0 Å². The molecule has 1 aromatic heterocycles. The quantitative estimate of drug-likeness (QED) is 0.578. The molecule has 0 bridgehead atoms. The predicted octanol–water partition coefficient (Wildman–Crippen LogP) is 4.83. The van der Waals surface area contributed by atoms with Crippen LogP contribution in [0.5, 0.6) is 5.75 Å². The van der Waals surface area contributed by atoms with E-state index in [1.165, 1.54) is 19.9 Å². The fraction of sp³-hybridized carbons (Fsp3) is 0.364. The van der Waals surface area contributed by atoms with Gasteiger partial charge in [0.1, 0.15) is 11.4 Å². The number of nitroso groups, excluding NO2 is 1. The van der Waals surface area contributed by atoms with Gasteiger partial charge in [-0.05, 0) is 37.1 Å². The fourth-order valence-corrected chi connectivity index (χ4v) is 3.77. The highest BCUT2D eigenvalue weighted by Gasteiger charge is 2.23. The number of rotatable bonds is 5. The first-order valence-corrected chi connectivity index (χ1v) is 9.94. The van der Waals surface area contributed by atoms with E-state index in [2.05, 4.69) is 15.0 Å². The minimum atomic E-state index is 0.372. The molecule has 7 heteroatoms. The van der Waals surface area contributed by atoms with Gasteiger partial charge in [0.25, 0.3) is 11.6 Å². The molecule has 0 saturated carbocycles. The Labute approximate surface area is 169 Å². The van der Waals surface area contributed by atoms with E-state index in [1.54, 1.807) is 7.11 Å². The first kappa shape index (κ1) is 19.1. The van der Waals surface area contributed by atoms with Gasteiger partial charge in [0, 0.05) is 34.4 Å². The topological polar surface area (TPSA) is 71.5 Å². The monoisotopic (exact) mass is 393 g/mol. The molecule has 2 aromatic carbocycles. The summed E-state index contributed by atoms with van der Waals surface area (Å²) in [4.78, 5) is 19.1. The van der Waals surface area contributed by atoms with Gasteiger partial charge < -0.3 is 14.2 Å². The summed E-state index contributed by atoms with van der Waals surface area (Å²) in [5, 5.41) is 4.10. The maximum atomic E-state index is 12.3. The Morgan fingerprint density at radius 2 is 1.83 bits per heavy atom. The van der Waals surface area contributed by atoms with Gasteiger partial charge in [-0.15, -0.1) is 0 Å². The summed E-state index contributed by atoms with van der Waals surface area (Å²) < 4.78 is 11.8. The van der Waals surface area contributed by atoms with Crippen molar-refractivity contribution in [2.75, 3.05) is 32.1 Å². The molecule has 3 aromatic rings. The summed E-state index contributed by atoms with van der Waals surface area (Å²) in [5.41, 5.74) is 3.04. The van der Waals surface area contributed by atoms with Crippen molar-refractivity contribution >= 4 is 11.4 Å². The van der Waals surface area contributed by atoms with E-state index >= 15 is 0 Å². The molecule has 29 heavy (non-hydrogen) atoms. The van der Waals surface area contributed by atoms with Crippen LogP contribution in [0.1, 0.15) is 25.7 Å². The lowest BCUT2D eigenvalue weighted by Gasteiger charge is -2.22. The normalized spacial score (nSPS) is 14.5. The molecule has 0 aliphatic carbocycles. The highest BCUT2D eigenvalue weighted by Crippen LogP contribution is 2.35. The van der Waals surface area contributed by atoms with E-state index in [4.69, 9.17) is 9.26 Å². The van der Waals surface area contributed by atoms with Crippen LogP contribution in [0.4, 0.5) is 11.4 Å². The maximum absolute atomic E-state index is 12.3. The van der Waals surface area contributed by atoms with Gasteiger partial charge in [-0.2, -0.15) is 4.98 Å². The molecule has 1 fully saturated rings. The van der Waals surface area contributed by atoms with Crippen LogP contribution in [0.2, 0.25) is 0 Å². The van der Waals surface area contributed by atoms with Crippen molar-refractivity contribution < 1.29 is 14.0 Å². The molecule has 0 radical (unpaired) electrons. The third kappa shape index (κ3) is 3.99. The molecule has 0 N–H and O–H groups in total. The second kappa shape index (κ2) is 8.43. The van der Waals surface area contributed by atoms with Gasteiger partial charge in [-0.25, -0.2) is 0 Å². The van der Waals surface area contributed by atoms with E-state index in [0.717, 1.165) is 47.5 Å². The van der Waals surface area contributed by atoms with Crippen LogP contribution >= 0.6 is 0 Å². The van der Waals surface area contributed by atoms with Gasteiger partial charge in [0.15, 0.2) is 7.05 Å². The number of ether oxygens (including phenoxy) is 1. The second-order valence-electron chi connectivity index (χ2n) is 7.23. The molecule has 1 aliphatic heterocycles. The van der Waals surface area contributed by atoms with Crippen molar-refractivity contribution in [3.63, 3.8) is 0 Å². The van der Waals surface area contributed by atoms with Crippen LogP contribution in [0, 0.1) is 4.91 Å². The van der Waals surface area contributed by atoms with E-state index in [9.17, 15) is 4.91 Å². The Hall–Kier alpha value is -3.22. The standard InChI is InChI=1S/C22H25N4O3/c1-25(27)19-15-16(11-12-18(19)26-13-7-3-4-8-14-26)22-23-21(24-29-22)17-9-5-6-10-20(17)28-2/h5-6,9-12,15H,3-4,7-8,13-14H2,1-2H3/q+1. The van der Waals surface area contributed by atoms with Gasteiger partial charge in [0.05, 0.1) is 12.7 Å². The summed E-state index contributed by atoms with van der Waals surface area (Å²) >= 11 is 0. The second-order valence-corrected chi connectivity index (χ2v) is 7.23. The molecular weight excluding hydrogens is 368 g/mol. The number of para-hydroxylation sites is 1. The number of aromatic nitrogens is 2. The Bertz CT molecular complexity index is 1010. The average Bonchev–Trinajstić information content (AvgIpc) is 3.08. The van der Waals surface area contributed by atoms with Crippen LogP contribution in [0.15, 0.2) is 47.0 Å². The summed E-state index contributed by atoms with van der Waals surface area (Å²) in [6, 6.07) is 13.3. The minimum absolute atomic E-state index is 0.372. The number of benzene rings is 2. The summed E-state index contributed by atoms with van der Waals surface area (Å²) in [5.74, 6) is 1.50. The Balaban J connectivity index is 1.68. The molecule has 0 amide bonds. The lowest BCUT2D eigenvalue weighted by molar-refractivity contribution is -0.427. The van der Waals surface area contributed by atoms with Crippen molar-refractivity contribution in [3.05, 3.63) is 47.4 Å². The fourth-order valence-electron chi connectivity index (χ4n) is 3.77. The molecule has 1 aliphatic rings. The van der Waals surface area contributed by atoms with Crippen LogP contribution in [-0.2, 0) is 0 Å². The highest BCUT2D eigenvalue weighted by molar-refractivity contribution is 5.72. The first-order valence-electron chi connectivity index (χ1n) is 9.94. The van der Waals surface area contributed by atoms with Crippen LogP contribution in [0.3, 0.4) is 0 Å². The number of anilines is 1. The molecule has 0 spiro atoms. The minimum Gasteiger partial charge on any atom is -0.496 e. The lowest BCUT2D eigenvalue weighted by Crippen LogP contribution is -2.24. The number of hydrogen-bond acceptors (Lipinski definition) is 6. The van der Waals surface area contributed by atoms with Crippen LogP contribution in [0.25, 0.3) is 22.8 Å². The molecule has 4 rings (SSSR count). The summed E-state index contributed by atoms with van der Waals surface area (Å²) in [6.07, 6.45) is 4.78. The van der Waals surface area contributed by atoms with E-state index in [0.29, 0.717) is 23.2 Å². The van der Waals surface area contributed by atoms with Crippen molar-refractivity contribution in [1.82, 2.24) is 10.1 Å². The number of nitrogens with zero attached hydrogens (tertiary/aromatic N) is 4. The maximum Gasteiger partial charge on any atom is 0.279 e. The Morgan fingerprint density at radius 3 is 2.55 bits per heavy atom. The largest absolute Gasteiger partial charge is 0.496 e. The van der Waals surface area contributed by atoms with Crippen LogP contribution < -0.4 is 9.64 Å². The van der Waals surface area contributed by atoms with Crippen molar-refractivity contribution in [2.24, 2.45) is 0 Å². The van der Waals surface area contributed by atoms with Gasteiger partial charge in [0.2, 0.25) is 5.82 Å². The highest BCUT2D eigenvalue weighted by atomic mass is 16.5. The molecule has 7 nitrogen and oxygen atoms in total. The van der Waals surface area contributed by atoms with Crippen molar-refractivity contribution in [3.8, 4) is 28.6 Å². The van der Waals surface area contributed by atoms with Gasteiger partial charge in [-0.1, -0.05) is 30.1 Å². The lowest BCUT2D eigenvalue weighted by atomic mass is 10.1. The summed E-state index contributed by atoms with van der Waals surface area (Å²) in [7, 11) is 3.13. The number of methoxy groups -OCH3 is 1. The zero-order chi connectivity index (χ0) is 20.2. The van der Waals surface area contributed by atoms with Gasteiger partial charge >= 0.3 is 0 Å². The van der Waals surface area contributed by atoms with Crippen molar-refractivity contribution in [1.29, 1.82) is 0 Å². The Morgan fingerprint density at radius 1 is 1.07 bits per heavy atom. The zero-order valence-corrected chi connectivity index (χ0v) is 16.8. The molecule has 2 heterocycles. The third-order valence-electron chi connectivity index (χ3n) is 5.28. The van der Waals surface area contributed by atoms with E-state index in [1.807, 2.05) is 42.5 Å². The zero-order valence-electron chi connectivity index (χ0n) is 16.8. The molecule has 0 atom stereocenters. The van der Waals surface area contributed by atoms with Crippen LogP contribution in [-0.4, -0.2) is 42.1 Å². The molecule has 1 saturated heterocycles. The predicted molar refractivity (Wildman–Crippen MR) is 112 cm³/mol. The SMILES string of the molecule is COc1ccccc1-c1noc(-c2ccc(N3CCCCCC3)c([N+](C)=O)c2)n1. The molecular formula is C22H25N4O3+.